The number of rotatable bonds is 5. The summed E-state index contributed by atoms with van der Waals surface area (Å²) in [5, 5.41) is 7.92. The number of benzene rings is 1. The van der Waals surface area contributed by atoms with Crippen LogP contribution in [0.25, 0.3) is 0 Å². The van der Waals surface area contributed by atoms with Crippen LogP contribution in [-0.4, -0.2) is 19.5 Å². The van der Waals surface area contributed by atoms with Crippen LogP contribution in [0.3, 0.4) is 0 Å². The zero-order chi connectivity index (χ0) is 14.7. The predicted octanol–water partition coefficient (Wildman–Crippen LogP) is 3.84. The topological polar surface area (TPSA) is 30.5 Å². The van der Waals surface area contributed by atoms with Crippen molar-refractivity contribution in [1.82, 2.24) is 5.32 Å². The predicted molar refractivity (Wildman–Crippen MR) is 88.8 cm³/mol. The summed E-state index contributed by atoms with van der Waals surface area (Å²) in [6.07, 6.45) is 2.10. The molecule has 0 saturated heterocycles. The second kappa shape index (κ2) is 6.73. The lowest BCUT2D eigenvalue weighted by molar-refractivity contribution is 0.171. The van der Waals surface area contributed by atoms with Crippen LogP contribution >= 0.6 is 23.1 Å². The van der Waals surface area contributed by atoms with E-state index in [0.29, 0.717) is 13.2 Å². The molecule has 1 aromatic heterocycles. The van der Waals surface area contributed by atoms with Gasteiger partial charge in [-0.05, 0) is 52.8 Å². The summed E-state index contributed by atoms with van der Waals surface area (Å²) in [7, 11) is 0. The maximum Gasteiger partial charge on any atom is 0.162 e. The van der Waals surface area contributed by atoms with E-state index in [1.165, 1.54) is 21.6 Å². The van der Waals surface area contributed by atoms with Crippen LogP contribution in [0.15, 0.2) is 27.8 Å². The smallest absolute Gasteiger partial charge is 0.162 e. The second-order valence-corrected chi connectivity index (χ2v) is 6.58. The minimum absolute atomic E-state index is 0.632. The van der Waals surface area contributed by atoms with Crippen molar-refractivity contribution in [3.8, 4) is 11.5 Å². The fraction of sp³-hybridized carbons (Fsp3) is 0.375. The van der Waals surface area contributed by atoms with Crippen LogP contribution < -0.4 is 14.8 Å². The van der Waals surface area contributed by atoms with Gasteiger partial charge in [0.05, 0.1) is 0 Å². The van der Waals surface area contributed by atoms with Crippen LogP contribution in [0.2, 0.25) is 0 Å². The Labute approximate surface area is 133 Å². The Bertz CT molecular complexity index is 625. The summed E-state index contributed by atoms with van der Waals surface area (Å²) in [5.41, 5.74) is 4.00. The van der Waals surface area contributed by atoms with E-state index < -0.39 is 0 Å². The van der Waals surface area contributed by atoms with Gasteiger partial charge in [-0.15, -0.1) is 11.8 Å². The molecule has 2 heterocycles. The van der Waals surface area contributed by atoms with Crippen LogP contribution in [0.1, 0.15) is 16.7 Å². The molecule has 0 fully saturated rings. The van der Waals surface area contributed by atoms with Gasteiger partial charge in [0, 0.05) is 18.0 Å². The van der Waals surface area contributed by atoms with E-state index in [1.54, 1.807) is 23.1 Å². The highest BCUT2D eigenvalue weighted by atomic mass is 32.2. The average Bonchev–Trinajstić information content (AvgIpc) is 2.92. The molecule has 21 heavy (non-hydrogen) atoms. The maximum atomic E-state index is 5.67. The maximum absolute atomic E-state index is 5.67. The first-order chi connectivity index (χ1) is 10.3. The van der Waals surface area contributed by atoms with Crippen LogP contribution in [-0.2, 0) is 13.1 Å². The van der Waals surface area contributed by atoms with Gasteiger partial charge in [0.2, 0.25) is 0 Å². The van der Waals surface area contributed by atoms with Crippen molar-refractivity contribution in [3.63, 3.8) is 0 Å². The Hall–Kier alpha value is -1.17. The molecule has 2 aromatic rings. The van der Waals surface area contributed by atoms with Crippen molar-refractivity contribution in [2.45, 2.75) is 24.9 Å². The SMILES string of the molecule is CSc1cc2c(cc1CNCc1cscc1C)OCCO2. The minimum atomic E-state index is 0.632. The van der Waals surface area contributed by atoms with Gasteiger partial charge in [-0.1, -0.05) is 0 Å². The third-order valence-electron chi connectivity index (χ3n) is 3.54. The molecule has 1 aliphatic rings. The second-order valence-electron chi connectivity index (χ2n) is 4.99. The fourth-order valence-corrected chi connectivity index (χ4v) is 3.82. The van der Waals surface area contributed by atoms with E-state index in [1.807, 2.05) is 0 Å². The van der Waals surface area contributed by atoms with Crippen LogP contribution in [0.4, 0.5) is 0 Å². The van der Waals surface area contributed by atoms with Gasteiger partial charge in [-0.2, -0.15) is 11.3 Å². The lowest BCUT2D eigenvalue weighted by Crippen LogP contribution is -2.17. The summed E-state index contributed by atoms with van der Waals surface area (Å²) in [4.78, 5) is 1.24. The first-order valence-corrected chi connectivity index (χ1v) is 9.13. The Morgan fingerprint density at radius 2 is 1.81 bits per heavy atom. The molecule has 0 aliphatic carbocycles. The van der Waals surface area contributed by atoms with E-state index in [4.69, 9.17) is 9.47 Å². The van der Waals surface area contributed by atoms with Gasteiger partial charge >= 0.3 is 0 Å². The molecule has 0 saturated carbocycles. The van der Waals surface area contributed by atoms with Gasteiger partial charge in [0.1, 0.15) is 13.2 Å². The number of thiophene rings is 1. The van der Waals surface area contributed by atoms with E-state index in [2.05, 4.69) is 41.4 Å². The third kappa shape index (κ3) is 3.36. The largest absolute Gasteiger partial charge is 0.486 e. The van der Waals surface area contributed by atoms with E-state index in [-0.39, 0.29) is 0 Å². The van der Waals surface area contributed by atoms with Gasteiger partial charge in [-0.3, -0.25) is 0 Å². The number of aryl methyl sites for hydroxylation is 1. The molecule has 5 heteroatoms. The molecule has 3 rings (SSSR count). The van der Waals surface area contributed by atoms with Gasteiger partial charge in [-0.25, -0.2) is 0 Å². The first-order valence-electron chi connectivity index (χ1n) is 6.97. The molecule has 0 spiro atoms. The summed E-state index contributed by atoms with van der Waals surface area (Å²) < 4.78 is 11.3. The lowest BCUT2D eigenvalue weighted by atomic mass is 10.1. The molecule has 1 aromatic carbocycles. The molecule has 3 nitrogen and oxygen atoms in total. The van der Waals surface area contributed by atoms with Crippen molar-refractivity contribution in [2.75, 3.05) is 19.5 Å². The molecular weight excluding hydrogens is 302 g/mol. The van der Waals surface area contributed by atoms with Crippen molar-refractivity contribution in [1.29, 1.82) is 0 Å². The molecule has 112 valence electrons. The summed E-state index contributed by atoms with van der Waals surface area (Å²) in [6.45, 7) is 5.16. The van der Waals surface area contributed by atoms with Gasteiger partial charge < -0.3 is 14.8 Å². The molecule has 0 bridgehead atoms. The number of nitrogens with one attached hydrogen (secondary N) is 1. The number of hydrogen-bond acceptors (Lipinski definition) is 5. The Morgan fingerprint density at radius 3 is 2.48 bits per heavy atom. The highest BCUT2D eigenvalue weighted by Gasteiger charge is 2.15. The number of hydrogen-bond donors (Lipinski definition) is 1. The van der Waals surface area contributed by atoms with Crippen molar-refractivity contribution in [3.05, 3.63) is 39.6 Å². The summed E-state index contributed by atoms with van der Waals surface area (Å²) in [5.74, 6) is 1.73. The minimum Gasteiger partial charge on any atom is -0.486 e. The van der Waals surface area contributed by atoms with E-state index in [0.717, 1.165) is 24.6 Å². The van der Waals surface area contributed by atoms with Gasteiger partial charge in [0.25, 0.3) is 0 Å². The highest BCUT2D eigenvalue weighted by Crippen LogP contribution is 2.36. The third-order valence-corrected chi connectivity index (χ3v) is 5.27. The molecule has 1 aliphatic heterocycles. The normalized spacial score (nSPS) is 13.4. The Kier molecular flexibility index (Phi) is 4.73. The zero-order valence-corrected chi connectivity index (χ0v) is 13.9. The van der Waals surface area contributed by atoms with Crippen molar-refractivity contribution < 1.29 is 9.47 Å². The molecule has 0 radical (unpaired) electrons. The standard InChI is InChI=1S/C16H19NO2S2/c1-11-9-21-10-13(11)8-17-7-12-5-14-15(6-16(12)20-2)19-4-3-18-14/h5-6,9-10,17H,3-4,7-8H2,1-2H3. The Balaban J connectivity index is 1.70. The molecular formula is C16H19NO2S2. The van der Waals surface area contributed by atoms with E-state index >= 15 is 0 Å². The van der Waals surface area contributed by atoms with E-state index in [9.17, 15) is 0 Å². The van der Waals surface area contributed by atoms with Gasteiger partial charge in [0.15, 0.2) is 11.5 Å². The highest BCUT2D eigenvalue weighted by molar-refractivity contribution is 7.98. The molecule has 0 amide bonds. The number of fused-ring (bicyclic) bond motifs is 1. The Morgan fingerprint density at radius 1 is 1.10 bits per heavy atom. The van der Waals surface area contributed by atoms with Crippen LogP contribution in [0.5, 0.6) is 11.5 Å². The number of ether oxygens (including phenoxy) is 2. The average molecular weight is 321 g/mol. The monoisotopic (exact) mass is 321 g/mol. The van der Waals surface area contributed by atoms with Crippen molar-refractivity contribution >= 4 is 23.1 Å². The number of thioether (sulfide) groups is 1. The molecule has 0 atom stereocenters. The quantitative estimate of drug-likeness (QED) is 0.848. The lowest BCUT2D eigenvalue weighted by Gasteiger charge is -2.21. The molecule has 0 unspecified atom stereocenters. The first kappa shape index (κ1) is 14.8. The zero-order valence-electron chi connectivity index (χ0n) is 12.3. The van der Waals surface area contributed by atoms with Crippen LogP contribution in [0, 0.1) is 6.92 Å². The van der Waals surface area contributed by atoms with Crippen molar-refractivity contribution in [2.24, 2.45) is 0 Å². The summed E-state index contributed by atoms with van der Waals surface area (Å²) in [6, 6.07) is 4.19. The fourth-order valence-electron chi connectivity index (χ4n) is 2.34. The molecule has 1 N–H and O–H groups in total. The summed E-state index contributed by atoms with van der Waals surface area (Å²) >= 11 is 3.50.